The Kier molecular flexibility index (Phi) is 12.5. The molecular formula is C19H38N4O8S. The van der Waals surface area contributed by atoms with Gasteiger partial charge in [0.2, 0.25) is 5.91 Å². The summed E-state index contributed by atoms with van der Waals surface area (Å²) in [7, 11) is 0. The molecule has 32 heavy (non-hydrogen) atoms. The second-order valence-electron chi connectivity index (χ2n) is 9.00. The largest absolute Gasteiger partial charge is 0.480 e. The summed E-state index contributed by atoms with van der Waals surface area (Å²) in [5.74, 6) is -2.09. The Hall–Kier alpha value is -1.64. The van der Waals surface area contributed by atoms with Gasteiger partial charge in [-0.25, -0.2) is 4.79 Å². The first kappa shape index (κ1) is 30.4. The van der Waals surface area contributed by atoms with Crippen LogP contribution in [-0.2, 0) is 14.3 Å². The van der Waals surface area contributed by atoms with Crippen LogP contribution < -0.4 is 21.7 Å². The topological polar surface area (TPSA) is 203 Å². The molecule has 0 spiro atoms. The molecule has 0 radical (unpaired) electrons. The highest BCUT2D eigenvalue weighted by Gasteiger charge is 2.39. The van der Waals surface area contributed by atoms with E-state index >= 15 is 0 Å². The summed E-state index contributed by atoms with van der Waals surface area (Å²) in [5, 5.41) is 45.1. The SMILES string of the molecule is CC(C)C[C@H](NC(=O)OC(C)(C)C)C(O)N[C@H](CCC(N)=O)C(O)(S)N[C@@H](CO)C(=O)O. The molecule has 0 rings (SSSR count). The molecule has 0 saturated heterocycles. The lowest BCUT2D eigenvalue weighted by Gasteiger charge is -2.38. The molecular weight excluding hydrogens is 444 g/mol. The number of alkyl carbamates (subject to hydrolysis) is 1. The fraction of sp³-hybridized carbons (Fsp3) is 0.842. The molecule has 0 saturated carbocycles. The fourth-order valence-electron chi connectivity index (χ4n) is 2.79. The Morgan fingerprint density at radius 2 is 1.75 bits per heavy atom. The number of nitrogens with one attached hydrogen (secondary N) is 3. The molecule has 0 aromatic heterocycles. The third-order valence-electron chi connectivity index (χ3n) is 4.21. The summed E-state index contributed by atoms with van der Waals surface area (Å²) in [6.45, 7) is 7.95. The number of aliphatic carboxylic acids is 1. The van der Waals surface area contributed by atoms with Crippen molar-refractivity contribution in [1.82, 2.24) is 16.0 Å². The predicted octanol–water partition coefficient (Wildman–Crippen LogP) is -0.921. The normalized spacial score (nSPS) is 17.7. The lowest BCUT2D eigenvalue weighted by Crippen LogP contribution is -2.65. The van der Waals surface area contributed by atoms with Crippen LogP contribution >= 0.6 is 12.6 Å². The van der Waals surface area contributed by atoms with Gasteiger partial charge in [0.05, 0.1) is 18.7 Å². The van der Waals surface area contributed by atoms with Crippen molar-refractivity contribution < 1.29 is 39.5 Å². The van der Waals surface area contributed by atoms with Crippen molar-refractivity contribution in [2.24, 2.45) is 11.7 Å². The number of primary amides is 1. The number of aliphatic hydroxyl groups excluding tert-OH is 2. The zero-order chi connectivity index (χ0) is 25.3. The van der Waals surface area contributed by atoms with Crippen molar-refractivity contribution in [1.29, 1.82) is 0 Å². The van der Waals surface area contributed by atoms with Gasteiger partial charge in [0.15, 0.2) is 5.06 Å². The summed E-state index contributed by atoms with van der Waals surface area (Å²) in [6.07, 6.45) is -2.25. The van der Waals surface area contributed by atoms with Crippen molar-refractivity contribution in [2.45, 2.75) is 88.9 Å². The molecule has 2 amide bonds. The van der Waals surface area contributed by atoms with E-state index in [9.17, 15) is 29.7 Å². The van der Waals surface area contributed by atoms with E-state index in [0.717, 1.165) is 0 Å². The minimum Gasteiger partial charge on any atom is -0.480 e. The summed E-state index contributed by atoms with van der Waals surface area (Å²) < 4.78 is 5.22. The van der Waals surface area contributed by atoms with Gasteiger partial charge in [-0.05, 0) is 39.5 Å². The molecule has 5 atom stereocenters. The van der Waals surface area contributed by atoms with Crippen molar-refractivity contribution in [3.8, 4) is 0 Å². The summed E-state index contributed by atoms with van der Waals surface area (Å²) in [5.41, 5.74) is 4.41. The quantitative estimate of drug-likeness (QED) is 0.110. The molecule has 0 aromatic rings. The molecule has 0 bridgehead atoms. The van der Waals surface area contributed by atoms with Gasteiger partial charge >= 0.3 is 12.1 Å². The van der Waals surface area contributed by atoms with Gasteiger partial charge in [0.25, 0.3) is 0 Å². The first-order valence-electron chi connectivity index (χ1n) is 10.3. The zero-order valence-electron chi connectivity index (χ0n) is 19.2. The predicted molar refractivity (Wildman–Crippen MR) is 120 cm³/mol. The van der Waals surface area contributed by atoms with Crippen molar-refractivity contribution >= 4 is 30.6 Å². The maximum Gasteiger partial charge on any atom is 0.408 e. The van der Waals surface area contributed by atoms with E-state index in [-0.39, 0.29) is 18.8 Å². The second-order valence-corrected chi connectivity index (χ2v) is 9.68. The number of hydrogen-bond acceptors (Lipinski definition) is 10. The highest BCUT2D eigenvalue weighted by atomic mass is 32.1. The van der Waals surface area contributed by atoms with Crippen LogP contribution in [0, 0.1) is 5.92 Å². The molecule has 9 N–H and O–H groups in total. The molecule has 0 aliphatic rings. The van der Waals surface area contributed by atoms with Crippen LogP contribution in [0.3, 0.4) is 0 Å². The number of ether oxygens (including phenoxy) is 1. The van der Waals surface area contributed by atoms with Gasteiger partial charge in [-0.15, -0.1) is 12.6 Å². The summed E-state index contributed by atoms with van der Waals surface area (Å²) in [6, 6.07) is -3.64. The van der Waals surface area contributed by atoms with Gasteiger partial charge < -0.3 is 36.2 Å². The Balaban J connectivity index is 5.61. The van der Waals surface area contributed by atoms with Crippen LogP contribution in [0.25, 0.3) is 0 Å². The lowest BCUT2D eigenvalue weighted by atomic mass is 10.0. The van der Waals surface area contributed by atoms with Gasteiger partial charge in [0, 0.05) is 6.42 Å². The molecule has 0 fully saturated rings. The van der Waals surface area contributed by atoms with Gasteiger partial charge in [-0.2, -0.15) is 0 Å². The van der Waals surface area contributed by atoms with Crippen molar-refractivity contribution in [2.75, 3.05) is 6.61 Å². The van der Waals surface area contributed by atoms with Crippen molar-refractivity contribution in [3.63, 3.8) is 0 Å². The van der Waals surface area contributed by atoms with Crippen LogP contribution in [0.15, 0.2) is 0 Å². The van der Waals surface area contributed by atoms with Crippen LogP contribution in [0.5, 0.6) is 0 Å². The molecule has 12 nitrogen and oxygen atoms in total. The number of carbonyl (C=O) groups is 3. The standard InChI is InChI=1S/C19H38N4O8S/c1-10(2)8-11(21-17(29)31-18(3,4)5)15(26)22-13(6-7-14(20)25)19(30,32)23-12(9-24)16(27)28/h10-13,15,22-24,26,30,32H,6-9H2,1-5H3,(H2,20,25)(H,21,29)(H,27,28)/t11-,12-,13+,15?,19?/m0/s1. The molecule has 0 aliphatic carbocycles. The molecule has 0 aromatic carbocycles. The van der Waals surface area contributed by atoms with Crippen LogP contribution in [0.4, 0.5) is 4.79 Å². The minimum atomic E-state index is -2.28. The first-order chi connectivity index (χ1) is 14.5. The molecule has 0 aliphatic heterocycles. The third kappa shape index (κ3) is 12.4. The number of aliphatic hydroxyl groups is 3. The third-order valence-corrected chi connectivity index (χ3v) is 4.65. The van der Waals surface area contributed by atoms with Gasteiger partial charge in [0.1, 0.15) is 17.9 Å². The molecule has 13 heteroatoms. The van der Waals surface area contributed by atoms with E-state index in [4.69, 9.17) is 15.6 Å². The van der Waals surface area contributed by atoms with E-state index in [0.29, 0.717) is 6.42 Å². The number of carbonyl (C=O) groups excluding carboxylic acids is 2. The van der Waals surface area contributed by atoms with Gasteiger partial charge in [-0.1, -0.05) is 13.8 Å². The van der Waals surface area contributed by atoms with Crippen LogP contribution in [0.1, 0.15) is 53.9 Å². The highest BCUT2D eigenvalue weighted by Crippen LogP contribution is 2.20. The number of carboxylic acid groups (broad SMARTS) is 1. The Morgan fingerprint density at radius 3 is 2.16 bits per heavy atom. The lowest BCUT2D eigenvalue weighted by molar-refractivity contribution is -0.142. The highest BCUT2D eigenvalue weighted by molar-refractivity contribution is 7.81. The summed E-state index contributed by atoms with van der Waals surface area (Å²) in [4.78, 5) is 34.7. The average Bonchev–Trinajstić information content (AvgIpc) is 2.59. The van der Waals surface area contributed by atoms with Crippen LogP contribution in [0.2, 0.25) is 0 Å². The first-order valence-corrected chi connectivity index (χ1v) is 10.7. The number of hydrogen-bond donors (Lipinski definition) is 9. The number of amides is 2. The molecule has 0 heterocycles. The maximum atomic E-state index is 12.2. The van der Waals surface area contributed by atoms with E-state index in [2.05, 4.69) is 28.6 Å². The number of carboxylic acids is 1. The van der Waals surface area contributed by atoms with E-state index in [1.54, 1.807) is 20.8 Å². The van der Waals surface area contributed by atoms with Gasteiger partial charge in [-0.3, -0.25) is 20.2 Å². The summed E-state index contributed by atoms with van der Waals surface area (Å²) >= 11 is 4.04. The van der Waals surface area contributed by atoms with Crippen LogP contribution in [-0.4, -0.2) is 80.0 Å². The second kappa shape index (κ2) is 13.2. The zero-order valence-corrected chi connectivity index (χ0v) is 20.1. The number of nitrogens with two attached hydrogens (primary N) is 1. The average molecular weight is 483 g/mol. The molecule has 2 unspecified atom stereocenters. The fourth-order valence-corrected chi connectivity index (χ4v) is 3.15. The Morgan fingerprint density at radius 1 is 1.19 bits per heavy atom. The maximum absolute atomic E-state index is 12.2. The minimum absolute atomic E-state index is 0.0502. The molecule has 188 valence electrons. The Bertz CT molecular complexity index is 627. The number of thiol groups is 1. The Labute approximate surface area is 193 Å². The van der Waals surface area contributed by atoms with E-state index in [1.165, 1.54) is 0 Å². The number of rotatable bonds is 14. The van der Waals surface area contributed by atoms with Crippen molar-refractivity contribution in [3.05, 3.63) is 0 Å². The van der Waals surface area contributed by atoms with E-state index < -0.39 is 59.6 Å². The smallest absolute Gasteiger partial charge is 0.408 e. The van der Waals surface area contributed by atoms with E-state index in [1.807, 2.05) is 13.8 Å². The monoisotopic (exact) mass is 482 g/mol.